The van der Waals surface area contributed by atoms with Gasteiger partial charge in [0, 0.05) is 6.42 Å². The number of hydrogen-bond acceptors (Lipinski definition) is 1. The van der Waals surface area contributed by atoms with Crippen molar-refractivity contribution in [3.63, 3.8) is 0 Å². The molecule has 1 aliphatic rings. The molecule has 0 aliphatic carbocycles. The molecule has 0 aromatic heterocycles. The molecule has 1 aromatic carbocycles. The van der Waals surface area contributed by atoms with E-state index in [4.69, 9.17) is 4.74 Å². The molecule has 0 N–H and O–H groups in total. The normalized spacial score (nSPS) is 25.1. The van der Waals surface area contributed by atoms with Crippen molar-refractivity contribution in [3.8, 4) is 5.75 Å². The highest BCUT2D eigenvalue weighted by Gasteiger charge is 2.34. The fourth-order valence-corrected chi connectivity index (χ4v) is 1.63. The van der Waals surface area contributed by atoms with Gasteiger partial charge in [-0.25, -0.2) is 0 Å². The average molecular weight is 174 g/mol. The molecule has 1 aromatic rings. The minimum Gasteiger partial charge on any atom is -0.483 e. The monoisotopic (exact) mass is 174 g/mol. The van der Waals surface area contributed by atoms with E-state index in [0.717, 1.165) is 17.7 Å². The van der Waals surface area contributed by atoms with E-state index in [1.54, 1.807) is 0 Å². The summed E-state index contributed by atoms with van der Waals surface area (Å²) in [4.78, 5) is 0. The Morgan fingerprint density at radius 1 is 1.46 bits per heavy atom. The molecule has 1 aliphatic heterocycles. The predicted octanol–water partition coefficient (Wildman–Crippen LogP) is 2.96. The number of benzene rings is 1. The maximum atomic E-state index is 5.86. The van der Waals surface area contributed by atoms with E-state index in [1.165, 1.54) is 5.56 Å². The van der Waals surface area contributed by atoms with E-state index in [1.807, 2.05) is 25.1 Å². The number of para-hydroxylation sites is 1. The minimum atomic E-state index is -0.191. The third-order valence-corrected chi connectivity index (χ3v) is 2.74. The van der Waals surface area contributed by atoms with Crippen molar-refractivity contribution in [3.05, 3.63) is 42.0 Å². The molecule has 0 saturated carbocycles. The molecule has 0 amide bonds. The van der Waals surface area contributed by atoms with Crippen molar-refractivity contribution in [2.24, 2.45) is 0 Å². The van der Waals surface area contributed by atoms with Gasteiger partial charge in [-0.2, -0.15) is 0 Å². The molecule has 0 fully saturated rings. The smallest absolute Gasteiger partial charge is 0.131 e. The Balaban J connectivity index is 2.37. The second-order valence-corrected chi connectivity index (χ2v) is 3.90. The summed E-state index contributed by atoms with van der Waals surface area (Å²) in [6, 6.07) is 8.18. The van der Waals surface area contributed by atoms with Gasteiger partial charge in [0.1, 0.15) is 11.4 Å². The molecule has 0 saturated heterocycles. The minimum absolute atomic E-state index is 0.191. The Kier molecular flexibility index (Phi) is 1.69. The van der Waals surface area contributed by atoms with Gasteiger partial charge >= 0.3 is 0 Å². The lowest BCUT2D eigenvalue weighted by atomic mass is 9.93. The molecule has 2 rings (SSSR count). The number of fused-ring (bicyclic) bond motifs is 1. The van der Waals surface area contributed by atoms with Gasteiger partial charge in [-0.1, -0.05) is 24.8 Å². The molecular formula is C12H14O. The zero-order valence-electron chi connectivity index (χ0n) is 8.13. The summed E-state index contributed by atoms with van der Waals surface area (Å²) in [5, 5.41) is 0. The first-order valence-corrected chi connectivity index (χ1v) is 4.55. The van der Waals surface area contributed by atoms with Crippen LogP contribution in [0.5, 0.6) is 5.75 Å². The van der Waals surface area contributed by atoms with Crippen LogP contribution in [0.25, 0.3) is 0 Å². The van der Waals surface area contributed by atoms with Gasteiger partial charge in [-0.15, -0.1) is 0 Å². The van der Waals surface area contributed by atoms with Crippen molar-refractivity contribution in [1.29, 1.82) is 0 Å². The Bertz CT molecular complexity index is 327. The molecule has 0 radical (unpaired) electrons. The van der Waals surface area contributed by atoms with Gasteiger partial charge in [0.15, 0.2) is 0 Å². The Labute approximate surface area is 79.0 Å². The summed E-state index contributed by atoms with van der Waals surface area (Å²) in [5.41, 5.74) is 2.18. The van der Waals surface area contributed by atoms with Crippen LogP contribution in [0.2, 0.25) is 0 Å². The summed E-state index contributed by atoms with van der Waals surface area (Å²) in [6.07, 6.45) is 0.943. The standard InChI is InChI=1S/C12H14O/c1-9(2)12(3)8-10-6-4-5-7-11(10)13-12/h4-7H,1,8H2,2-3H3/t12-/m0/s1. The zero-order valence-corrected chi connectivity index (χ0v) is 8.13. The Morgan fingerprint density at radius 3 is 2.77 bits per heavy atom. The van der Waals surface area contributed by atoms with Crippen LogP contribution in [-0.2, 0) is 6.42 Å². The summed E-state index contributed by atoms with van der Waals surface area (Å²) in [6.45, 7) is 8.08. The van der Waals surface area contributed by atoms with Crippen LogP contribution in [0.15, 0.2) is 36.4 Å². The molecule has 13 heavy (non-hydrogen) atoms. The predicted molar refractivity (Wildman–Crippen MR) is 54.0 cm³/mol. The van der Waals surface area contributed by atoms with Crippen molar-refractivity contribution in [1.82, 2.24) is 0 Å². The van der Waals surface area contributed by atoms with Gasteiger partial charge in [0.25, 0.3) is 0 Å². The van der Waals surface area contributed by atoms with Crippen LogP contribution < -0.4 is 4.74 Å². The highest BCUT2D eigenvalue weighted by Crippen LogP contribution is 2.37. The van der Waals surface area contributed by atoms with Crippen molar-refractivity contribution >= 4 is 0 Å². The van der Waals surface area contributed by atoms with E-state index < -0.39 is 0 Å². The van der Waals surface area contributed by atoms with Crippen molar-refractivity contribution in [2.45, 2.75) is 25.9 Å². The largest absolute Gasteiger partial charge is 0.483 e. The fraction of sp³-hybridized carbons (Fsp3) is 0.333. The highest BCUT2D eigenvalue weighted by molar-refractivity contribution is 5.41. The molecule has 0 spiro atoms. The quantitative estimate of drug-likeness (QED) is 0.595. The van der Waals surface area contributed by atoms with E-state index in [-0.39, 0.29) is 5.60 Å². The van der Waals surface area contributed by atoms with Crippen LogP contribution in [0.1, 0.15) is 19.4 Å². The van der Waals surface area contributed by atoms with Crippen LogP contribution in [0.4, 0.5) is 0 Å². The second-order valence-electron chi connectivity index (χ2n) is 3.90. The van der Waals surface area contributed by atoms with Crippen LogP contribution in [0.3, 0.4) is 0 Å². The Hall–Kier alpha value is -1.24. The van der Waals surface area contributed by atoms with Gasteiger partial charge in [-0.05, 0) is 31.1 Å². The fourth-order valence-electron chi connectivity index (χ4n) is 1.63. The summed E-state index contributed by atoms with van der Waals surface area (Å²) in [7, 11) is 0. The van der Waals surface area contributed by atoms with Crippen molar-refractivity contribution < 1.29 is 4.74 Å². The van der Waals surface area contributed by atoms with Crippen LogP contribution >= 0.6 is 0 Å². The first kappa shape index (κ1) is 8.36. The third kappa shape index (κ3) is 1.24. The molecule has 68 valence electrons. The first-order valence-electron chi connectivity index (χ1n) is 4.55. The van der Waals surface area contributed by atoms with Crippen LogP contribution in [0, 0.1) is 0 Å². The molecule has 0 bridgehead atoms. The SMILES string of the molecule is C=C(C)[C@]1(C)Cc2ccccc2O1. The molecule has 1 atom stereocenters. The average Bonchev–Trinajstić information content (AvgIpc) is 2.42. The molecule has 1 nitrogen and oxygen atoms in total. The number of ether oxygens (including phenoxy) is 1. The summed E-state index contributed by atoms with van der Waals surface area (Å²) >= 11 is 0. The van der Waals surface area contributed by atoms with Gasteiger partial charge < -0.3 is 4.74 Å². The lowest BCUT2D eigenvalue weighted by Gasteiger charge is -2.23. The lowest BCUT2D eigenvalue weighted by Crippen LogP contribution is -2.30. The first-order chi connectivity index (χ1) is 6.12. The second kappa shape index (κ2) is 2.63. The molecular weight excluding hydrogens is 160 g/mol. The Morgan fingerprint density at radius 2 is 2.15 bits per heavy atom. The maximum absolute atomic E-state index is 5.86. The zero-order chi connectivity index (χ0) is 9.47. The third-order valence-electron chi connectivity index (χ3n) is 2.74. The lowest BCUT2D eigenvalue weighted by molar-refractivity contribution is 0.157. The van der Waals surface area contributed by atoms with E-state index >= 15 is 0 Å². The van der Waals surface area contributed by atoms with E-state index in [2.05, 4.69) is 19.6 Å². The van der Waals surface area contributed by atoms with E-state index in [9.17, 15) is 0 Å². The number of hydrogen-bond donors (Lipinski definition) is 0. The topological polar surface area (TPSA) is 9.23 Å². The van der Waals surface area contributed by atoms with E-state index in [0.29, 0.717) is 0 Å². The van der Waals surface area contributed by atoms with Crippen molar-refractivity contribution in [2.75, 3.05) is 0 Å². The van der Waals surface area contributed by atoms with Gasteiger partial charge in [-0.3, -0.25) is 0 Å². The van der Waals surface area contributed by atoms with Gasteiger partial charge in [0.2, 0.25) is 0 Å². The molecule has 1 heterocycles. The summed E-state index contributed by atoms with van der Waals surface area (Å²) in [5.74, 6) is 1.01. The summed E-state index contributed by atoms with van der Waals surface area (Å²) < 4.78 is 5.86. The molecule has 1 heteroatoms. The van der Waals surface area contributed by atoms with Gasteiger partial charge in [0.05, 0.1) is 0 Å². The van der Waals surface area contributed by atoms with Crippen LogP contribution in [-0.4, -0.2) is 5.60 Å². The molecule has 0 unspecified atom stereocenters. The maximum Gasteiger partial charge on any atom is 0.131 e. The number of rotatable bonds is 1. The highest BCUT2D eigenvalue weighted by atomic mass is 16.5.